The van der Waals surface area contributed by atoms with Crippen LogP contribution >= 0.6 is 15.9 Å². The van der Waals surface area contributed by atoms with Gasteiger partial charge in [-0.15, -0.1) is 0 Å². The van der Waals surface area contributed by atoms with E-state index in [1.165, 1.54) is 6.33 Å². The number of carbonyl (C=O) groups excluding carboxylic acids is 1. The van der Waals surface area contributed by atoms with Gasteiger partial charge in [0.2, 0.25) is 5.91 Å². The molecular weight excluding hydrogens is 328 g/mol. The maximum absolute atomic E-state index is 12.1. The quantitative estimate of drug-likeness (QED) is 0.515. The van der Waals surface area contributed by atoms with Gasteiger partial charge in [-0.2, -0.15) is 0 Å². The molecule has 0 spiro atoms. The highest BCUT2D eigenvalue weighted by Gasteiger charge is 2.31. The number of hydrogen-bond acceptors (Lipinski definition) is 7. The van der Waals surface area contributed by atoms with Crippen molar-refractivity contribution in [2.24, 2.45) is 5.84 Å². The number of morpholine rings is 1. The number of rotatable bonds is 4. The summed E-state index contributed by atoms with van der Waals surface area (Å²) in [7, 11) is 0. The topological polar surface area (TPSA) is 105 Å². The summed E-state index contributed by atoms with van der Waals surface area (Å²) < 4.78 is 6.02. The second kappa shape index (κ2) is 6.82. The summed E-state index contributed by atoms with van der Waals surface area (Å²) in [6.45, 7) is 3.89. The van der Waals surface area contributed by atoms with Crippen molar-refractivity contribution in [2.75, 3.05) is 36.6 Å². The molecule has 1 aliphatic rings. The molecule has 1 atom stereocenters. The number of likely N-dealkylation sites (N-methyl/N-ethyl adjacent to an activating group) is 1. The predicted octanol–water partition coefficient (Wildman–Crippen LogP) is -0.134. The second-order valence-corrected chi connectivity index (χ2v) is 4.98. The van der Waals surface area contributed by atoms with E-state index in [0.717, 1.165) is 0 Å². The van der Waals surface area contributed by atoms with Crippen LogP contribution in [0.4, 0.5) is 11.6 Å². The Morgan fingerprint density at radius 1 is 1.65 bits per heavy atom. The van der Waals surface area contributed by atoms with Crippen molar-refractivity contribution in [3.05, 3.63) is 10.8 Å². The van der Waals surface area contributed by atoms with E-state index in [0.29, 0.717) is 42.4 Å². The number of carbonyl (C=O) groups is 1. The van der Waals surface area contributed by atoms with Gasteiger partial charge < -0.3 is 20.4 Å². The van der Waals surface area contributed by atoms with Crippen LogP contribution in [0.2, 0.25) is 0 Å². The Morgan fingerprint density at radius 2 is 2.45 bits per heavy atom. The van der Waals surface area contributed by atoms with Crippen LogP contribution in [-0.2, 0) is 9.53 Å². The van der Waals surface area contributed by atoms with Gasteiger partial charge in [0, 0.05) is 13.1 Å². The number of amides is 1. The lowest BCUT2D eigenvalue weighted by Gasteiger charge is -2.35. The monoisotopic (exact) mass is 344 g/mol. The summed E-state index contributed by atoms with van der Waals surface area (Å²) >= 11 is 3.41. The van der Waals surface area contributed by atoms with Crippen molar-refractivity contribution in [1.29, 1.82) is 0 Å². The van der Waals surface area contributed by atoms with Crippen molar-refractivity contribution in [3.8, 4) is 0 Å². The van der Waals surface area contributed by atoms with Crippen molar-refractivity contribution < 1.29 is 9.53 Å². The van der Waals surface area contributed by atoms with E-state index in [2.05, 4.69) is 36.6 Å². The molecule has 20 heavy (non-hydrogen) atoms. The number of ether oxygens (including phenoxy) is 1. The SMILES string of the molecule is CCNC(=O)C1COCCN1c1ncnc(NN)c1Br. The minimum atomic E-state index is -0.416. The third-order valence-corrected chi connectivity index (χ3v) is 3.69. The normalized spacial score (nSPS) is 18.8. The third-order valence-electron chi connectivity index (χ3n) is 2.96. The highest BCUT2D eigenvalue weighted by molar-refractivity contribution is 9.10. The third kappa shape index (κ3) is 3.00. The number of hydrogen-bond donors (Lipinski definition) is 3. The molecule has 110 valence electrons. The molecule has 0 saturated carbocycles. The zero-order valence-corrected chi connectivity index (χ0v) is 12.7. The molecule has 1 amide bonds. The van der Waals surface area contributed by atoms with Crippen LogP contribution < -0.4 is 21.5 Å². The summed E-state index contributed by atoms with van der Waals surface area (Å²) in [5.41, 5.74) is 2.49. The molecule has 1 aromatic rings. The first-order valence-corrected chi connectivity index (χ1v) is 7.07. The average molecular weight is 345 g/mol. The molecule has 0 aromatic carbocycles. The predicted molar refractivity (Wildman–Crippen MR) is 78.2 cm³/mol. The van der Waals surface area contributed by atoms with E-state index in [4.69, 9.17) is 10.6 Å². The highest BCUT2D eigenvalue weighted by atomic mass is 79.9. The number of nitrogens with zero attached hydrogens (tertiary/aromatic N) is 3. The van der Waals surface area contributed by atoms with Crippen molar-refractivity contribution in [1.82, 2.24) is 15.3 Å². The van der Waals surface area contributed by atoms with Crippen LogP contribution in [0.1, 0.15) is 6.92 Å². The van der Waals surface area contributed by atoms with Crippen LogP contribution in [0.25, 0.3) is 0 Å². The van der Waals surface area contributed by atoms with Crippen LogP contribution in [-0.4, -0.2) is 48.2 Å². The van der Waals surface area contributed by atoms with E-state index in [9.17, 15) is 4.79 Å². The van der Waals surface area contributed by atoms with Gasteiger partial charge in [-0.05, 0) is 22.9 Å². The maximum atomic E-state index is 12.1. The molecular formula is C11H17BrN6O2. The number of hydrazine groups is 1. The molecule has 4 N–H and O–H groups in total. The number of nitrogen functional groups attached to an aromatic ring is 1. The summed E-state index contributed by atoms with van der Waals surface area (Å²) in [5, 5.41) is 2.80. The summed E-state index contributed by atoms with van der Waals surface area (Å²) in [6.07, 6.45) is 1.40. The Balaban J connectivity index is 2.30. The van der Waals surface area contributed by atoms with E-state index in [-0.39, 0.29) is 5.91 Å². The number of nitrogens with two attached hydrogens (primary N) is 1. The number of nitrogens with one attached hydrogen (secondary N) is 2. The van der Waals surface area contributed by atoms with Crippen LogP contribution in [0, 0.1) is 0 Å². The fourth-order valence-electron chi connectivity index (χ4n) is 2.03. The zero-order valence-electron chi connectivity index (χ0n) is 11.1. The first kappa shape index (κ1) is 14.9. The van der Waals surface area contributed by atoms with Gasteiger partial charge in [0.15, 0.2) is 5.82 Å². The summed E-state index contributed by atoms with van der Waals surface area (Å²) in [6, 6.07) is -0.416. The Bertz CT molecular complexity index is 486. The molecule has 0 aliphatic carbocycles. The average Bonchev–Trinajstić information content (AvgIpc) is 2.48. The molecule has 1 fully saturated rings. The molecule has 2 heterocycles. The summed E-state index contributed by atoms with van der Waals surface area (Å²) in [5.74, 6) is 6.40. The molecule has 0 radical (unpaired) electrons. The first-order valence-electron chi connectivity index (χ1n) is 6.28. The molecule has 9 heteroatoms. The van der Waals surface area contributed by atoms with Gasteiger partial charge in [0.25, 0.3) is 0 Å². The lowest BCUT2D eigenvalue weighted by molar-refractivity contribution is -0.124. The molecule has 1 aliphatic heterocycles. The van der Waals surface area contributed by atoms with Crippen molar-refractivity contribution in [3.63, 3.8) is 0 Å². The van der Waals surface area contributed by atoms with Crippen molar-refractivity contribution in [2.45, 2.75) is 13.0 Å². The Morgan fingerprint density at radius 3 is 3.15 bits per heavy atom. The lowest BCUT2D eigenvalue weighted by atomic mass is 10.2. The van der Waals surface area contributed by atoms with E-state index in [1.54, 1.807) is 0 Å². The van der Waals surface area contributed by atoms with E-state index < -0.39 is 6.04 Å². The Hall–Kier alpha value is -1.45. The molecule has 0 bridgehead atoms. The zero-order chi connectivity index (χ0) is 14.5. The largest absolute Gasteiger partial charge is 0.377 e. The second-order valence-electron chi connectivity index (χ2n) is 4.18. The fourth-order valence-corrected chi connectivity index (χ4v) is 2.57. The Kier molecular flexibility index (Phi) is 5.10. The van der Waals surface area contributed by atoms with Gasteiger partial charge in [-0.25, -0.2) is 15.8 Å². The van der Waals surface area contributed by atoms with Crippen molar-refractivity contribution >= 4 is 33.5 Å². The van der Waals surface area contributed by atoms with Gasteiger partial charge in [0.1, 0.15) is 22.7 Å². The minimum Gasteiger partial charge on any atom is -0.377 e. The van der Waals surface area contributed by atoms with Gasteiger partial charge >= 0.3 is 0 Å². The van der Waals surface area contributed by atoms with Gasteiger partial charge in [0.05, 0.1) is 13.2 Å². The molecule has 8 nitrogen and oxygen atoms in total. The molecule has 1 unspecified atom stereocenters. The smallest absolute Gasteiger partial charge is 0.245 e. The van der Waals surface area contributed by atoms with Gasteiger partial charge in [-0.1, -0.05) is 0 Å². The van der Waals surface area contributed by atoms with Gasteiger partial charge in [-0.3, -0.25) is 4.79 Å². The summed E-state index contributed by atoms with van der Waals surface area (Å²) in [4.78, 5) is 22.3. The van der Waals surface area contributed by atoms with Crippen LogP contribution in [0.15, 0.2) is 10.8 Å². The fraction of sp³-hybridized carbons (Fsp3) is 0.545. The number of halogens is 1. The number of anilines is 2. The standard InChI is InChI=1S/C11H17BrN6O2/c1-2-14-11(19)7-5-20-4-3-18(7)10-8(12)9(17-13)15-6-16-10/h6-7H,2-5,13H2,1H3,(H,14,19)(H,15,16,17). The van der Waals surface area contributed by atoms with E-state index >= 15 is 0 Å². The number of aromatic nitrogens is 2. The minimum absolute atomic E-state index is 0.0834. The molecule has 1 saturated heterocycles. The van der Waals surface area contributed by atoms with Crippen LogP contribution in [0.3, 0.4) is 0 Å². The van der Waals surface area contributed by atoms with Crippen LogP contribution in [0.5, 0.6) is 0 Å². The van der Waals surface area contributed by atoms with E-state index in [1.807, 2.05) is 11.8 Å². The lowest BCUT2D eigenvalue weighted by Crippen LogP contribution is -2.54. The maximum Gasteiger partial charge on any atom is 0.245 e. The first-order chi connectivity index (χ1) is 9.69. The Labute approximate surface area is 125 Å². The molecule has 1 aromatic heterocycles. The highest BCUT2D eigenvalue weighted by Crippen LogP contribution is 2.30. The molecule has 2 rings (SSSR count).